The standard InChI is InChI=1S/C15H22N2O2/c16-13-5-3-12(4-6-13)9-14(19)17-10-15(11-18)7-1-2-8-15/h3-6,18H,1-2,7-11,16H2,(H,17,19). The van der Waals surface area contributed by atoms with Gasteiger partial charge >= 0.3 is 0 Å². The van der Waals surface area contributed by atoms with E-state index in [1.54, 1.807) is 12.1 Å². The molecule has 1 aromatic rings. The summed E-state index contributed by atoms with van der Waals surface area (Å²) in [6.07, 6.45) is 4.67. The third-order valence-corrected chi connectivity index (χ3v) is 4.00. The lowest BCUT2D eigenvalue weighted by Crippen LogP contribution is -2.38. The molecule has 1 fully saturated rings. The van der Waals surface area contributed by atoms with Crippen molar-refractivity contribution in [2.24, 2.45) is 5.41 Å². The Kier molecular flexibility index (Phi) is 4.43. The number of nitrogens with one attached hydrogen (secondary N) is 1. The first-order valence-corrected chi connectivity index (χ1v) is 6.86. The lowest BCUT2D eigenvalue weighted by Gasteiger charge is -2.26. The first kappa shape index (κ1) is 13.9. The van der Waals surface area contributed by atoms with E-state index in [4.69, 9.17) is 5.73 Å². The zero-order valence-corrected chi connectivity index (χ0v) is 11.2. The van der Waals surface area contributed by atoms with Crippen LogP contribution in [-0.2, 0) is 11.2 Å². The largest absolute Gasteiger partial charge is 0.399 e. The average molecular weight is 262 g/mol. The maximum absolute atomic E-state index is 11.9. The Bertz CT molecular complexity index is 422. The van der Waals surface area contributed by atoms with Crippen LogP contribution < -0.4 is 11.1 Å². The predicted octanol–water partition coefficient (Wildman–Crippen LogP) is 1.48. The summed E-state index contributed by atoms with van der Waals surface area (Å²) in [7, 11) is 0. The van der Waals surface area contributed by atoms with E-state index in [-0.39, 0.29) is 17.9 Å². The van der Waals surface area contributed by atoms with Crippen molar-refractivity contribution in [2.75, 3.05) is 18.9 Å². The number of aliphatic hydroxyl groups is 1. The van der Waals surface area contributed by atoms with Crippen LogP contribution in [-0.4, -0.2) is 24.2 Å². The maximum Gasteiger partial charge on any atom is 0.224 e. The van der Waals surface area contributed by atoms with Crippen LogP contribution >= 0.6 is 0 Å². The Morgan fingerprint density at radius 2 is 1.89 bits per heavy atom. The van der Waals surface area contributed by atoms with Crippen molar-refractivity contribution in [3.8, 4) is 0 Å². The van der Waals surface area contributed by atoms with Gasteiger partial charge in [0.2, 0.25) is 5.91 Å². The summed E-state index contributed by atoms with van der Waals surface area (Å²) in [6, 6.07) is 7.34. The molecular formula is C15H22N2O2. The molecule has 4 N–H and O–H groups in total. The second kappa shape index (κ2) is 6.06. The van der Waals surface area contributed by atoms with E-state index in [1.165, 1.54) is 0 Å². The Balaban J connectivity index is 1.82. The first-order valence-electron chi connectivity index (χ1n) is 6.86. The second-order valence-electron chi connectivity index (χ2n) is 5.56. The molecular weight excluding hydrogens is 240 g/mol. The molecule has 4 nitrogen and oxygen atoms in total. The number of aliphatic hydroxyl groups excluding tert-OH is 1. The van der Waals surface area contributed by atoms with Gasteiger partial charge in [0.05, 0.1) is 13.0 Å². The van der Waals surface area contributed by atoms with Crippen LogP contribution in [0.5, 0.6) is 0 Å². The topological polar surface area (TPSA) is 75.4 Å². The molecule has 0 heterocycles. The minimum atomic E-state index is -0.0865. The van der Waals surface area contributed by atoms with Crippen LogP contribution in [0.2, 0.25) is 0 Å². The Morgan fingerprint density at radius 3 is 2.47 bits per heavy atom. The molecule has 2 rings (SSSR count). The molecule has 104 valence electrons. The molecule has 0 aromatic heterocycles. The van der Waals surface area contributed by atoms with Gasteiger partial charge < -0.3 is 16.2 Å². The van der Waals surface area contributed by atoms with Crippen molar-refractivity contribution in [1.82, 2.24) is 5.32 Å². The fraction of sp³-hybridized carbons (Fsp3) is 0.533. The number of hydrogen-bond acceptors (Lipinski definition) is 3. The lowest BCUT2D eigenvalue weighted by molar-refractivity contribution is -0.121. The summed E-state index contributed by atoms with van der Waals surface area (Å²) >= 11 is 0. The van der Waals surface area contributed by atoms with E-state index in [0.717, 1.165) is 31.2 Å². The Hall–Kier alpha value is -1.55. The van der Waals surface area contributed by atoms with Crippen molar-refractivity contribution in [2.45, 2.75) is 32.1 Å². The van der Waals surface area contributed by atoms with Gasteiger partial charge in [-0.1, -0.05) is 25.0 Å². The van der Waals surface area contributed by atoms with Gasteiger partial charge in [-0.3, -0.25) is 4.79 Å². The van der Waals surface area contributed by atoms with Crippen LogP contribution in [0.25, 0.3) is 0 Å². The van der Waals surface area contributed by atoms with Crippen molar-refractivity contribution in [3.63, 3.8) is 0 Å². The van der Waals surface area contributed by atoms with Gasteiger partial charge in [0.15, 0.2) is 0 Å². The SMILES string of the molecule is Nc1ccc(CC(=O)NCC2(CO)CCCC2)cc1. The van der Waals surface area contributed by atoms with Crippen molar-refractivity contribution >= 4 is 11.6 Å². The summed E-state index contributed by atoms with van der Waals surface area (Å²) in [5.74, 6) is 0.00416. The van der Waals surface area contributed by atoms with Crippen LogP contribution in [0.1, 0.15) is 31.2 Å². The number of carbonyl (C=O) groups excluding carboxylic acids is 1. The number of rotatable bonds is 5. The predicted molar refractivity (Wildman–Crippen MR) is 75.6 cm³/mol. The number of carbonyl (C=O) groups is 1. The van der Waals surface area contributed by atoms with Gasteiger partial charge in [0, 0.05) is 17.6 Å². The molecule has 1 aromatic carbocycles. The van der Waals surface area contributed by atoms with Gasteiger partial charge in [0.25, 0.3) is 0 Å². The van der Waals surface area contributed by atoms with E-state index >= 15 is 0 Å². The first-order chi connectivity index (χ1) is 9.13. The summed E-state index contributed by atoms with van der Waals surface area (Å²) in [4.78, 5) is 11.9. The van der Waals surface area contributed by atoms with E-state index in [1.807, 2.05) is 12.1 Å². The summed E-state index contributed by atoms with van der Waals surface area (Å²) in [6.45, 7) is 0.743. The normalized spacial score (nSPS) is 17.3. The van der Waals surface area contributed by atoms with Crippen molar-refractivity contribution in [3.05, 3.63) is 29.8 Å². The molecule has 1 aliphatic rings. The van der Waals surface area contributed by atoms with Crippen LogP contribution in [0.15, 0.2) is 24.3 Å². The number of benzene rings is 1. The van der Waals surface area contributed by atoms with E-state index < -0.39 is 0 Å². The summed E-state index contributed by atoms with van der Waals surface area (Å²) in [5, 5.41) is 12.4. The third kappa shape index (κ3) is 3.70. The summed E-state index contributed by atoms with van der Waals surface area (Å²) < 4.78 is 0. The lowest BCUT2D eigenvalue weighted by atomic mass is 9.87. The molecule has 1 amide bonds. The van der Waals surface area contributed by atoms with Crippen molar-refractivity contribution < 1.29 is 9.90 Å². The number of nitrogen functional groups attached to an aromatic ring is 1. The highest BCUT2D eigenvalue weighted by atomic mass is 16.3. The minimum Gasteiger partial charge on any atom is -0.399 e. The fourth-order valence-corrected chi connectivity index (χ4v) is 2.69. The van der Waals surface area contributed by atoms with Crippen molar-refractivity contribution in [1.29, 1.82) is 0 Å². The molecule has 0 spiro atoms. The minimum absolute atomic E-state index is 0.00416. The molecule has 1 aliphatic carbocycles. The van der Waals surface area contributed by atoms with Crippen LogP contribution in [0.3, 0.4) is 0 Å². The molecule has 0 atom stereocenters. The fourth-order valence-electron chi connectivity index (χ4n) is 2.69. The molecule has 0 saturated heterocycles. The quantitative estimate of drug-likeness (QED) is 0.704. The van der Waals surface area contributed by atoms with E-state index in [9.17, 15) is 9.90 Å². The second-order valence-corrected chi connectivity index (χ2v) is 5.56. The van der Waals surface area contributed by atoms with Gasteiger partial charge in [-0.25, -0.2) is 0 Å². The molecule has 19 heavy (non-hydrogen) atoms. The number of anilines is 1. The van der Waals surface area contributed by atoms with Gasteiger partial charge in [-0.05, 0) is 30.5 Å². The summed E-state index contributed by atoms with van der Waals surface area (Å²) in [5.41, 5.74) is 7.18. The molecule has 0 radical (unpaired) electrons. The number of nitrogens with two attached hydrogens (primary N) is 1. The van der Waals surface area contributed by atoms with Crippen LogP contribution in [0, 0.1) is 5.41 Å². The van der Waals surface area contributed by atoms with Crippen LogP contribution in [0.4, 0.5) is 5.69 Å². The number of hydrogen-bond donors (Lipinski definition) is 3. The maximum atomic E-state index is 11.9. The zero-order chi connectivity index (χ0) is 13.7. The molecule has 0 unspecified atom stereocenters. The van der Waals surface area contributed by atoms with Gasteiger partial charge in [0.1, 0.15) is 0 Å². The zero-order valence-electron chi connectivity index (χ0n) is 11.2. The average Bonchev–Trinajstić information content (AvgIpc) is 2.89. The Labute approximate surface area is 114 Å². The van der Waals surface area contributed by atoms with Gasteiger partial charge in [-0.2, -0.15) is 0 Å². The molecule has 0 aliphatic heterocycles. The van der Waals surface area contributed by atoms with E-state index in [0.29, 0.717) is 18.7 Å². The monoisotopic (exact) mass is 262 g/mol. The smallest absolute Gasteiger partial charge is 0.224 e. The highest BCUT2D eigenvalue weighted by molar-refractivity contribution is 5.78. The van der Waals surface area contributed by atoms with Gasteiger partial charge in [-0.15, -0.1) is 0 Å². The Morgan fingerprint density at radius 1 is 1.26 bits per heavy atom. The van der Waals surface area contributed by atoms with E-state index in [2.05, 4.69) is 5.32 Å². The highest BCUT2D eigenvalue weighted by Gasteiger charge is 2.33. The molecule has 4 heteroatoms. The molecule has 1 saturated carbocycles. The third-order valence-electron chi connectivity index (χ3n) is 4.00. The highest BCUT2D eigenvalue weighted by Crippen LogP contribution is 2.36. The molecule has 0 bridgehead atoms. The number of amides is 1.